The van der Waals surface area contributed by atoms with Crippen LogP contribution in [0.1, 0.15) is 37.8 Å². The molecule has 0 aromatic heterocycles. The zero-order chi connectivity index (χ0) is 13.9. The summed E-state index contributed by atoms with van der Waals surface area (Å²) in [4.78, 5) is 0.164. The molecule has 1 aromatic rings. The number of primary sulfonamides is 1. The summed E-state index contributed by atoms with van der Waals surface area (Å²) in [5.41, 5.74) is 1.40. The third-order valence-electron chi connectivity index (χ3n) is 2.98. The van der Waals surface area contributed by atoms with Crippen molar-refractivity contribution in [2.75, 3.05) is 0 Å². The summed E-state index contributed by atoms with van der Waals surface area (Å²) in [5.74, 6) is 0.730. The van der Waals surface area contributed by atoms with E-state index < -0.39 is 10.0 Å². The van der Waals surface area contributed by atoms with E-state index in [4.69, 9.17) is 9.88 Å². The molecule has 18 heavy (non-hydrogen) atoms. The average molecular weight is 271 g/mol. The number of hydrogen-bond acceptors (Lipinski definition) is 3. The van der Waals surface area contributed by atoms with E-state index >= 15 is 0 Å². The first-order chi connectivity index (χ1) is 8.29. The Hall–Kier alpha value is -1.07. The maximum Gasteiger partial charge on any atom is 0.238 e. The molecule has 0 spiro atoms. The van der Waals surface area contributed by atoms with Gasteiger partial charge in [0, 0.05) is 0 Å². The Labute approximate surface area is 109 Å². The van der Waals surface area contributed by atoms with Crippen molar-refractivity contribution in [1.29, 1.82) is 0 Å². The van der Waals surface area contributed by atoms with Crippen molar-refractivity contribution in [3.8, 4) is 5.75 Å². The van der Waals surface area contributed by atoms with Gasteiger partial charge in [-0.15, -0.1) is 0 Å². The van der Waals surface area contributed by atoms with Gasteiger partial charge in [-0.3, -0.25) is 0 Å². The van der Waals surface area contributed by atoms with Crippen LogP contribution in [-0.2, 0) is 10.0 Å². The molecule has 2 N–H and O–H groups in total. The molecule has 0 unspecified atom stereocenters. The molecule has 0 heterocycles. The maximum atomic E-state index is 11.4. The Morgan fingerprint density at radius 3 is 2.17 bits per heavy atom. The van der Waals surface area contributed by atoms with Gasteiger partial charge in [0.05, 0.1) is 11.0 Å². The number of rotatable bonds is 5. The lowest BCUT2D eigenvalue weighted by molar-refractivity contribution is 0.191. The van der Waals surface area contributed by atoms with Crippen LogP contribution >= 0.6 is 0 Å². The van der Waals surface area contributed by atoms with E-state index in [1.165, 1.54) is 0 Å². The number of nitrogens with two attached hydrogens (primary N) is 1. The second kappa shape index (κ2) is 5.71. The number of benzene rings is 1. The molecular weight excluding hydrogens is 250 g/mol. The quantitative estimate of drug-likeness (QED) is 0.894. The molecule has 0 bridgehead atoms. The minimum atomic E-state index is -3.67. The largest absolute Gasteiger partial charge is 0.490 e. The van der Waals surface area contributed by atoms with Gasteiger partial charge in [-0.05, 0) is 49.9 Å². The average Bonchev–Trinajstić information content (AvgIpc) is 2.28. The highest BCUT2D eigenvalue weighted by molar-refractivity contribution is 7.89. The van der Waals surface area contributed by atoms with Crippen LogP contribution in [0.15, 0.2) is 17.0 Å². The number of sulfonamides is 1. The van der Waals surface area contributed by atoms with Gasteiger partial charge in [0.15, 0.2) is 0 Å². The summed E-state index contributed by atoms with van der Waals surface area (Å²) in [6, 6.07) is 3.32. The van der Waals surface area contributed by atoms with Gasteiger partial charge in [0.25, 0.3) is 0 Å². The van der Waals surface area contributed by atoms with E-state index in [0.717, 1.165) is 24.2 Å². The first kappa shape index (κ1) is 15.0. The van der Waals surface area contributed by atoms with Crippen LogP contribution in [0.4, 0.5) is 0 Å². The van der Waals surface area contributed by atoms with Gasteiger partial charge in [-0.2, -0.15) is 0 Å². The first-order valence-electron chi connectivity index (χ1n) is 6.10. The predicted molar refractivity (Wildman–Crippen MR) is 72.3 cm³/mol. The molecule has 0 aliphatic carbocycles. The summed E-state index contributed by atoms with van der Waals surface area (Å²) < 4.78 is 28.6. The van der Waals surface area contributed by atoms with Crippen LogP contribution in [0.3, 0.4) is 0 Å². The lowest BCUT2D eigenvalue weighted by Gasteiger charge is -2.18. The van der Waals surface area contributed by atoms with Gasteiger partial charge >= 0.3 is 0 Å². The monoisotopic (exact) mass is 271 g/mol. The predicted octanol–water partition coefficient (Wildman–Crippen LogP) is 2.52. The summed E-state index contributed by atoms with van der Waals surface area (Å²) in [7, 11) is -3.67. The SMILES string of the molecule is CCC(CC)Oc1cc(C)c(S(N)(=O)=O)cc1C. The molecule has 0 saturated carbocycles. The van der Waals surface area contributed by atoms with Crippen LogP contribution in [0.25, 0.3) is 0 Å². The summed E-state index contributed by atoms with van der Waals surface area (Å²) in [6.45, 7) is 7.68. The van der Waals surface area contributed by atoms with Crippen molar-refractivity contribution < 1.29 is 13.2 Å². The number of ether oxygens (including phenoxy) is 1. The minimum Gasteiger partial charge on any atom is -0.490 e. The molecule has 4 nitrogen and oxygen atoms in total. The van der Waals surface area contributed by atoms with Crippen LogP contribution < -0.4 is 9.88 Å². The number of aryl methyl sites for hydroxylation is 2. The van der Waals surface area contributed by atoms with Crippen LogP contribution in [-0.4, -0.2) is 14.5 Å². The second-order valence-corrected chi connectivity index (χ2v) is 6.01. The Bertz CT molecular complexity index is 519. The molecule has 0 aliphatic rings. The van der Waals surface area contributed by atoms with E-state index in [0.29, 0.717) is 5.56 Å². The zero-order valence-electron chi connectivity index (χ0n) is 11.4. The normalized spacial score (nSPS) is 11.9. The lowest BCUT2D eigenvalue weighted by atomic mass is 10.1. The Balaban J connectivity index is 3.15. The molecule has 5 heteroatoms. The van der Waals surface area contributed by atoms with Crippen molar-refractivity contribution in [3.05, 3.63) is 23.3 Å². The Kier molecular flexibility index (Phi) is 4.76. The van der Waals surface area contributed by atoms with E-state index in [2.05, 4.69) is 13.8 Å². The summed E-state index contributed by atoms with van der Waals surface area (Å²) in [5, 5.41) is 5.16. The molecule has 1 aromatic carbocycles. The van der Waals surface area contributed by atoms with Gasteiger partial charge in [-0.1, -0.05) is 13.8 Å². The Morgan fingerprint density at radius 1 is 1.17 bits per heavy atom. The summed E-state index contributed by atoms with van der Waals surface area (Å²) >= 11 is 0. The smallest absolute Gasteiger partial charge is 0.238 e. The highest BCUT2D eigenvalue weighted by Crippen LogP contribution is 2.26. The third-order valence-corrected chi connectivity index (χ3v) is 4.04. The molecule has 0 saturated heterocycles. The molecule has 0 fully saturated rings. The molecule has 0 atom stereocenters. The van der Waals surface area contributed by atoms with Crippen molar-refractivity contribution in [2.45, 2.75) is 51.5 Å². The molecule has 102 valence electrons. The van der Waals surface area contributed by atoms with Gasteiger partial charge in [0.2, 0.25) is 10.0 Å². The topological polar surface area (TPSA) is 69.4 Å². The highest BCUT2D eigenvalue weighted by Gasteiger charge is 2.15. The van der Waals surface area contributed by atoms with E-state index in [-0.39, 0.29) is 11.0 Å². The number of hydrogen-bond donors (Lipinski definition) is 1. The molecule has 0 amide bonds. The van der Waals surface area contributed by atoms with Crippen molar-refractivity contribution in [3.63, 3.8) is 0 Å². The van der Waals surface area contributed by atoms with Crippen molar-refractivity contribution >= 4 is 10.0 Å². The van der Waals surface area contributed by atoms with E-state index in [1.807, 2.05) is 6.92 Å². The standard InChI is InChI=1S/C13H21NO3S/c1-5-11(6-2)17-12-7-10(4)13(8-9(12)3)18(14,15)16/h7-8,11H,5-6H2,1-4H3,(H2,14,15,16). The van der Waals surface area contributed by atoms with Gasteiger partial charge < -0.3 is 4.74 Å². The fourth-order valence-electron chi connectivity index (χ4n) is 1.83. The van der Waals surface area contributed by atoms with Crippen LogP contribution in [0, 0.1) is 13.8 Å². The maximum absolute atomic E-state index is 11.4. The minimum absolute atomic E-state index is 0.156. The molecule has 0 aliphatic heterocycles. The van der Waals surface area contributed by atoms with Gasteiger partial charge in [0.1, 0.15) is 5.75 Å². The van der Waals surface area contributed by atoms with E-state index in [9.17, 15) is 8.42 Å². The molecular formula is C13H21NO3S. The fourth-order valence-corrected chi connectivity index (χ4v) is 2.68. The van der Waals surface area contributed by atoms with Crippen molar-refractivity contribution in [2.24, 2.45) is 5.14 Å². The summed E-state index contributed by atoms with van der Waals surface area (Å²) in [6.07, 6.45) is 2.00. The van der Waals surface area contributed by atoms with Crippen molar-refractivity contribution in [1.82, 2.24) is 0 Å². The molecule has 1 rings (SSSR count). The van der Waals surface area contributed by atoms with Crippen LogP contribution in [0.2, 0.25) is 0 Å². The zero-order valence-corrected chi connectivity index (χ0v) is 12.2. The second-order valence-electron chi connectivity index (χ2n) is 4.48. The highest BCUT2D eigenvalue weighted by atomic mass is 32.2. The van der Waals surface area contributed by atoms with Gasteiger partial charge in [-0.25, -0.2) is 13.6 Å². The third kappa shape index (κ3) is 3.46. The fraction of sp³-hybridized carbons (Fsp3) is 0.538. The molecule has 0 radical (unpaired) electrons. The lowest BCUT2D eigenvalue weighted by Crippen LogP contribution is -2.16. The van der Waals surface area contributed by atoms with Crippen LogP contribution in [0.5, 0.6) is 5.75 Å². The Morgan fingerprint density at radius 2 is 1.72 bits per heavy atom. The van der Waals surface area contributed by atoms with E-state index in [1.54, 1.807) is 19.1 Å². The first-order valence-corrected chi connectivity index (χ1v) is 7.64.